The predicted molar refractivity (Wildman–Crippen MR) is 94.1 cm³/mol. The third-order valence-corrected chi connectivity index (χ3v) is 4.10. The summed E-state index contributed by atoms with van der Waals surface area (Å²) in [6.45, 7) is 8.18. The number of rotatable bonds is 4. The van der Waals surface area contributed by atoms with Gasteiger partial charge in [0.25, 0.3) is 5.56 Å². The van der Waals surface area contributed by atoms with Crippen molar-refractivity contribution in [1.29, 1.82) is 0 Å². The van der Waals surface area contributed by atoms with Crippen molar-refractivity contribution >= 4 is 23.4 Å². The number of anilines is 1. The van der Waals surface area contributed by atoms with Crippen LogP contribution in [-0.4, -0.2) is 21.6 Å². The van der Waals surface area contributed by atoms with Gasteiger partial charge in [-0.15, -0.1) is 0 Å². The summed E-state index contributed by atoms with van der Waals surface area (Å²) in [5.74, 6) is 0.0515. The number of amides is 1. The number of hydrogen-bond acceptors (Lipinski definition) is 4. The monoisotopic (exact) mass is 331 g/mol. The van der Waals surface area contributed by atoms with Gasteiger partial charge >= 0.3 is 0 Å². The second-order valence-corrected chi connectivity index (χ2v) is 7.32. The van der Waals surface area contributed by atoms with E-state index in [1.54, 1.807) is 6.92 Å². The molecular formula is C17H21N3O2S. The van der Waals surface area contributed by atoms with Crippen molar-refractivity contribution in [2.24, 2.45) is 0 Å². The number of aromatic nitrogens is 2. The quantitative estimate of drug-likeness (QED) is 0.667. The van der Waals surface area contributed by atoms with E-state index in [0.29, 0.717) is 10.9 Å². The molecule has 0 aliphatic heterocycles. The maximum absolute atomic E-state index is 12.0. The van der Waals surface area contributed by atoms with Crippen LogP contribution in [0.5, 0.6) is 0 Å². The van der Waals surface area contributed by atoms with Crippen LogP contribution in [0.1, 0.15) is 32.0 Å². The molecule has 0 aliphatic rings. The predicted octanol–water partition coefficient (Wildman–Crippen LogP) is 3.11. The first-order chi connectivity index (χ1) is 10.7. The molecule has 0 fully saturated rings. The van der Waals surface area contributed by atoms with Crippen molar-refractivity contribution in [3.05, 3.63) is 51.9 Å². The van der Waals surface area contributed by atoms with E-state index >= 15 is 0 Å². The Morgan fingerprint density at radius 3 is 2.48 bits per heavy atom. The fourth-order valence-corrected chi connectivity index (χ4v) is 2.73. The number of benzene rings is 1. The molecule has 2 rings (SSSR count). The average molecular weight is 331 g/mol. The second kappa shape index (κ2) is 7.00. The molecule has 0 aliphatic carbocycles. The molecule has 1 heterocycles. The number of aryl methyl sites for hydroxylation is 1. The van der Waals surface area contributed by atoms with E-state index in [4.69, 9.17) is 0 Å². The molecule has 2 aromatic rings. The molecule has 0 saturated carbocycles. The van der Waals surface area contributed by atoms with Gasteiger partial charge in [0.15, 0.2) is 5.16 Å². The van der Waals surface area contributed by atoms with E-state index in [1.165, 1.54) is 23.4 Å². The SMILES string of the molecule is Cc1cc(=O)[nH]c(SCC(=O)Nc2ccc(C(C)(C)C)cc2)n1. The Morgan fingerprint density at radius 2 is 1.91 bits per heavy atom. The third kappa shape index (κ3) is 5.25. The first kappa shape index (κ1) is 17.3. The van der Waals surface area contributed by atoms with Crippen molar-refractivity contribution in [3.8, 4) is 0 Å². The first-order valence-electron chi connectivity index (χ1n) is 7.35. The van der Waals surface area contributed by atoms with Gasteiger partial charge in [0, 0.05) is 17.4 Å². The minimum absolute atomic E-state index is 0.0844. The lowest BCUT2D eigenvalue weighted by Crippen LogP contribution is -2.16. The van der Waals surface area contributed by atoms with Crippen LogP contribution >= 0.6 is 11.8 Å². The van der Waals surface area contributed by atoms with Crippen LogP contribution in [0.4, 0.5) is 5.69 Å². The molecule has 0 radical (unpaired) electrons. The number of thioether (sulfide) groups is 1. The van der Waals surface area contributed by atoms with Gasteiger partial charge in [-0.2, -0.15) is 0 Å². The van der Waals surface area contributed by atoms with Crippen LogP contribution in [0.2, 0.25) is 0 Å². The molecule has 0 atom stereocenters. The Labute approximate surface area is 139 Å². The standard InChI is InChI=1S/C17H21N3O2S/c1-11-9-14(21)20-16(18-11)23-10-15(22)19-13-7-5-12(6-8-13)17(2,3)4/h5-9H,10H2,1-4H3,(H,19,22)(H,18,20,21). The van der Waals surface area contributed by atoms with Crippen LogP contribution in [0.3, 0.4) is 0 Å². The lowest BCUT2D eigenvalue weighted by Gasteiger charge is -2.19. The maximum atomic E-state index is 12.0. The summed E-state index contributed by atoms with van der Waals surface area (Å²) in [5.41, 5.74) is 2.48. The number of carbonyl (C=O) groups excluding carboxylic acids is 1. The Balaban J connectivity index is 1.93. The van der Waals surface area contributed by atoms with Crippen LogP contribution in [0.15, 0.2) is 40.3 Å². The Bertz CT molecular complexity index is 746. The topological polar surface area (TPSA) is 74.8 Å². The molecule has 1 aromatic heterocycles. The molecule has 0 unspecified atom stereocenters. The van der Waals surface area contributed by atoms with Crippen molar-refractivity contribution in [2.45, 2.75) is 38.3 Å². The highest BCUT2D eigenvalue weighted by Gasteiger charge is 2.13. The number of nitrogens with one attached hydrogen (secondary N) is 2. The van der Waals surface area contributed by atoms with Gasteiger partial charge in [-0.25, -0.2) is 4.98 Å². The van der Waals surface area contributed by atoms with E-state index in [1.807, 2.05) is 24.3 Å². The van der Waals surface area contributed by atoms with Crippen molar-refractivity contribution in [2.75, 3.05) is 11.1 Å². The van der Waals surface area contributed by atoms with Crippen molar-refractivity contribution in [3.63, 3.8) is 0 Å². The maximum Gasteiger partial charge on any atom is 0.251 e. The van der Waals surface area contributed by atoms with Gasteiger partial charge in [-0.3, -0.25) is 9.59 Å². The Hall–Kier alpha value is -2.08. The highest BCUT2D eigenvalue weighted by Crippen LogP contribution is 2.23. The fourth-order valence-electron chi connectivity index (χ4n) is 2.00. The minimum Gasteiger partial charge on any atom is -0.325 e. The van der Waals surface area contributed by atoms with Crippen LogP contribution in [0, 0.1) is 6.92 Å². The first-order valence-corrected chi connectivity index (χ1v) is 8.34. The largest absolute Gasteiger partial charge is 0.325 e. The van der Waals surface area contributed by atoms with Gasteiger partial charge in [0.2, 0.25) is 5.91 Å². The summed E-state index contributed by atoms with van der Waals surface area (Å²) < 4.78 is 0. The summed E-state index contributed by atoms with van der Waals surface area (Å²) in [5, 5.41) is 3.29. The van der Waals surface area contributed by atoms with Gasteiger partial charge in [-0.1, -0.05) is 44.7 Å². The zero-order valence-electron chi connectivity index (χ0n) is 13.8. The second-order valence-electron chi connectivity index (χ2n) is 6.36. The summed E-state index contributed by atoms with van der Waals surface area (Å²) in [6, 6.07) is 9.25. The molecule has 23 heavy (non-hydrogen) atoms. The van der Waals surface area contributed by atoms with Gasteiger partial charge in [0.1, 0.15) is 0 Å². The molecule has 5 nitrogen and oxygen atoms in total. The van der Waals surface area contributed by atoms with E-state index < -0.39 is 0 Å². The minimum atomic E-state index is -0.210. The normalized spacial score (nSPS) is 11.3. The van der Waals surface area contributed by atoms with Crippen LogP contribution in [-0.2, 0) is 10.2 Å². The Kier molecular flexibility index (Phi) is 5.26. The number of nitrogens with zero attached hydrogens (tertiary/aromatic N) is 1. The number of aromatic amines is 1. The fraction of sp³-hybridized carbons (Fsp3) is 0.353. The zero-order chi connectivity index (χ0) is 17.0. The molecule has 1 amide bonds. The molecule has 6 heteroatoms. The summed E-state index contributed by atoms with van der Waals surface area (Å²) >= 11 is 1.20. The number of H-pyrrole nitrogens is 1. The molecule has 1 aromatic carbocycles. The number of hydrogen-bond donors (Lipinski definition) is 2. The van der Waals surface area contributed by atoms with Crippen LogP contribution in [0.25, 0.3) is 0 Å². The van der Waals surface area contributed by atoms with Gasteiger partial charge < -0.3 is 10.3 Å². The third-order valence-electron chi connectivity index (χ3n) is 3.22. The lowest BCUT2D eigenvalue weighted by atomic mass is 9.87. The summed E-state index contributed by atoms with van der Waals surface area (Å²) in [4.78, 5) is 30.1. The van der Waals surface area contributed by atoms with Crippen LogP contribution < -0.4 is 10.9 Å². The molecule has 122 valence electrons. The van der Waals surface area contributed by atoms with E-state index in [9.17, 15) is 9.59 Å². The highest BCUT2D eigenvalue weighted by atomic mass is 32.2. The zero-order valence-corrected chi connectivity index (χ0v) is 14.6. The van der Waals surface area contributed by atoms with Gasteiger partial charge in [0.05, 0.1) is 5.75 Å². The van der Waals surface area contributed by atoms with E-state index in [-0.39, 0.29) is 22.6 Å². The Morgan fingerprint density at radius 1 is 1.26 bits per heavy atom. The van der Waals surface area contributed by atoms with Crippen molar-refractivity contribution in [1.82, 2.24) is 9.97 Å². The van der Waals surface area contributed by atoms with Gasteiger partial charge in [-0.05, 0) is 30.0 Å². The van der Waals surface area contributed by atoms with Crippen molar-refractivity contribution < 1.29 is 4.79 Å². The smallest absolute Gasteiger partial charge is 0.251 e. The summed E-state index contributed by atoms with van der Waals surface area (Å²) in [7, 11) is 0. The average Bonchev–Trinajstić information content (AvgIpc) is 2.44. The highest BCUT2D eigenvalue weighted by molar-refractivity contribution is 7.99. The lowest BCUT2D eigenvalue weighted by molar-refractivity contribution is -0.113. The molecule has 2 N–H and O–H groups in total. The molecule has 0 spiro atoms. The molecule has 0 bridgehead atoms. The molecular weight excluding hydrogens is 310 g/mol. The van der Waals surface area contributed by atoms with E-state index in [2.05, 4.69) is 36.1 Å². The number of carbonyl (C=O) groups is 1. The molecule has 0 saturated heterocycles. The van der Waals surface area contributed by atoms with E-state index in [0.717, 1.165) is 5.69 Å². The summed E-state index contributed by atoms with van der Waals surface area (Å²) in [6.07, 6.45) is 0.